The first kappa shape index (κ1) is 24.3. The van der Waals surface area contributed by atoms with Crippen LogP contribution < -0.4 is 4.74 Å². The molecule has 0 atom stereocenters. The van der Waals surface area contributed by atoms with Crippen LogP contribution in [0, 0.1) is 0 Å². The second kappa shape index (κ2) is 9.00. The summed E-state index contributed by atoms with van der Waals surface area (Å²) in [5.41, 5.74) is 0.353. The molecule has 2 aromatic carbocycles. The first-order valence-electron chi connectivity index (χ1n) is 9.74. The predicted octanol–water partition coefficient (Wildman–Crippen LogP) is 7.07. The Hall–Kier alpha value is -3.02. The van der Waals surface area contributed by atoms with E-state index in [1.54, 1.807) is 12.1 Å². The van der Waals surface area contributed by atoms with Crippen molar-refractivity contribution in [2.24, 2.45) is 0 Å². The lowest BCUT2D eigenvalue weighted by molar-refractivity contribution is -0.140. The molecule has 166 valence electrons. The predicted molar refractivity (Wildman–Crippen MR) is 116 cm³/mol. The molecule has 6 heteroatoms. The standard InChI is InChI=1S/C25H27F3O3/c1-7-22(29)31-21-14-11-18(15-20(21)25(26,27)28)17-9-12-19(13-10-17)23(3,4)16-24(5,6)30-8-2/h7-15H,1-2,16H2,3-6H3. The zero-order valence-corrected chi connectivity index (χ0v) is 18.2. The lowest BCUT2D eigenvalue weighted by atomic mass is 9.76. The molecule has 0 aromatic heterocycles. The van der Waals surface area contributed by atoms with Crippen molar-refractivity contribution in [3.8, 4) is 16.9 Å². The molecule has 0 radical (unpaired) electrons. The summed E-state index contributed by atoms with van der Waals surface area (Å²) in [6.07, 6.45) is -1.72. The van der Waals surface area contributed by atoms with Crippen molar-refractivity contribution in [2.45, 2.75) is 51.3 Å². The lowest BCUT2D eigenvalue weighted by Crippen LogP contribution is -2.32. The molecule has 0 fully saturated rings. The van der Waals surface area contributed by atoms with Crippen molar-refractivity contribution < 1.29 is 27.4 Å². The number of ether oxygens (including phenoxy) is 2. The second-order valence-corrected chi connectivity index (χ2v) is 8.52. The van der Waals surface area contributed by atoms with Gasteiger partial charge in [0.05, 0.1) is 11.8 Å². The van der Waals surface area contributed by atoms with Crippen molar-refractivity contribution in [1.82, 2.24) is 0 Å². The molecule has 3 nitrogen and oxygen atoms in total. The summed E-state index contributed by atoms with van der Waals surface area (Å²) < 4.78 is 50.8. The van der Waals surface area contributed by atoms with E-state index in [9.17, 15) is 18.0 Å². The number of halogens is 3. The summed E-state index contributed by atoms with van der Waals surface area (Å²) in [4.78, 5) is 11.4. The van der Waals surface area contributed by atoms with Crippen molar-refractivity contribution >= 4 is 5.97 Å². The number of benzene rings is 2. The molecule has 0 saturated heterocycles. The molecule has 0 aliphatic carbocycles. The summed E-state index contributed by atoms with van der Waals surface area (Å²) in [7, 11) is 0. The highest BCUT2D eigenvalue weighted by molar-refractivity contribution is 5.84. The third kappa shape index (κ3) is 6.23. The van der Waals surface area contributed by atoms with Gasteiger partial charge < -0.3 is 9.47 Å². The Morgan fingerprint density at radius 3 is 2.06 bits per heavy atom. The lowest BCUT2D eigenvalue weighted by Gasteiger charge is -2.35. The maximum atomic E-state index is 13.5. The Balaban J connectivity index is 2.36. The Morgan fingerprint density at radius 2 is 1.55 bits per heavy atom. The minimum Gasteiger partial charge on any atom is -0.496 e. The highest BCUT2D eigenvalue weighted by atomic mass is 19.4. The second-order valence-electron chi connectivity index (χ2n) is 8.52. The number of carbonyl (C=O) groups excluding carboxylic acids is 1. The highest BCUT2D eigenvalue weighted by Gasteiger charge is 2.35. The molecular weight excluding hydrogens is 405 g/mol. The van der Waals surface area contributed by atoms with Gasteiger partial charge in [0.2, 0.25) is 0 Å². The van der Waals surface area contributed by atoms with Crippen LogP contribution in [0.2, 0.25) is 0 Å². The zero-order valence-electron chi connectivity index (χ0n) is 18.2. The third-order valence-electron chi connectivity index (χ3n) is 4.93. The highest BCUT2D eigenvalue weighted by Crippen LogP contribution is 2.40. The van der Waals surface area contributed by atoms with Crippen LogP contribution >= 0.6 is 0 Å². The summed E-state index contributed by atoms with van der Waals surface area (Å²) in [6, 6.07) is 11.0. The maximum Gasteiger partial charge on any atom is 0.420 e. The molecule has 31 heavy (non-hydrogen) atoms. The topological polar surface area (TPSA) is 35.5 Å². The van der Waals surface area contributed by atoms with Crippen LogP contribution in [0.3, 0.4) is 0 Å². The van der Waals surface area contributed by atoms with E-state index in [-0.39, 0.29) is 5.41 Å². The van der Waals surface area contributed by atoms with Gasteiger partial charge in [0, 0.05) is 6.08 Å². The van der Waals surface area contributed by atoms with Gasteiger partial charge in [-0.1, -0.05) is 57.3 Å². The van der Waals surface area contributed by atoms with Crippen molar-refractivity contribution in [2.75, 3.05) is 0 Å². The van der Waals surface area contributed by atoms with E-state index in [0.717, 1.165) is 23.8 Å². The van der Waals surface area contributed by atoms with Gasteiger partial charge in [-0.2, -0.15) is 13.2 Å². The van der Waals surface area contributed by atoms with Crippen LogP contribution in [0.4, 0.5) is 13.2 Å². The largest absolute Gasteiger partial charge is 0.496 e. The van der Waals surface area contributed by atoms with Crippen LogP contribution in [0.25, 0.3) is 11.1 Å². The number of rotatable bonds is 8. The van der Waals surface area contributed by atoms with E-state index in [4.69, 9.17) is 9.47 Å². The first-order valence-corrected chi connectivity index (χ1v) is 9.74. The summed E-state index contributed by atoms with van der Waals surface area (Å²) >= 11 is 0. The van der Waals surface area contributed by atoms with Crippen molar-refractivity contribution in [1.29, 1.82) is 0 Å². The molecule has 0 saturated carbocycles. The van der Waals surface area contributed by atoms with Gasteiger partial charge in [-0.15, -0.1) is 0 Å². The van der Waals surface area contributed by atoms with Crippen LogP contribution in [-0.4, -0.2) is 11.6 Å². The Kier molecular flexibility index (Phi) is 7.04. The quantitative estimate of drug-likeness (QED) is 0.194. The van der Waals surface area contributed by atoms with Gasteiger partial charge >= 0.3 is 12.1 Å². The summed E-state index contributed by atoms with van der Waals surface area (Å²) in [5, 5.41) is 0. The Bertz CT molecular complexity index is 955. The molecule has 2 rings (SSSR count). The first-order chi connectivity index (χ1) is 14.3. The molecule has 0 heterocycles. The number of carbonyl (C=O) groups is 1. The normalized spacial score (nSPS) is 12.2. The van der Waals surface area contributed by atoms with Crippen LogP contribution in [0.15, 0.2) is 68.0 Å². The average Bonchev–Trinajstić information content (AvgIpc) is 2.66. The molecule has 0 aliphatic rings. The van der Waals surface area contributed by atoms with E-state index in [2.05, 4.69) is 27.0 Å². The fraction of sp³-hybridized carbons (Fsp3) is 0.320. The third-order valence-corrected chi connectivity index (χ3v) is 4.93. The van der Waals surface area contributed by atoms with Gasteiger partial charge in [0.25, 0.3) is 0 Å². The zero-order chi connectivity index (χ0) is 23.4. The van der Waals surface area contributed by atoms with Gasteiger partial charge in [-0.05, 0) is 54.5 Å². The average molecular weight is 432 g/mol. The smallest absolute Gasteiger partial charge is 0.420 e. The minimum absolute atomic E-state index is 0.231. The molecule has 0 spiro atoms. The molecule has 0 unspecified atom stereocenters. The SMILES string of the molecule is C=COC(C)(C)CC(C)(C)c1ccc(-c2ccc(OC(=O)C=C)c(C(F)(F)F)c2)cc1. The van der Waals surface area contributed by atoms with Gasteiger partial charge in [0.15, 0.2) is 0 Å². The Labute approximate surface area is 181 Å². The van der Waals surface area contributed by atoms with Crippen molar-refractivity contribution in [3.05, 3.63) is 79.1 Å². The fourth-order valence-corrected chi connectivity index (χ4v) is 3.72. The number of hydrogen-bond acceptors (Lipinski definition) is 3. The van der Waals surface area contributed by atoms with Gasteiger partial charge in [-0.3, -0.25) is 0 Å². The molecule has 0 N–H and O–H groups in total. The summed E-state index contributed by atoms with van der Waals surface area (Å²) in [5.74, 6) is -1.50. The molecular formula is C25H27F3O3. The van der Waals surface area contributed by atoms with E-state index >= 15 is 0 Å². The van der Waals surface area contributed by atoms with Gasteiger partial charge in [0.1, 0.15) is 11.4 Å². The van der Waals surface area contributed by atoms with E-state index in [1.165, 1.54) is 12.3 Å². The number of hydrogen-bond donors (Lipinski definition) is 0. The molecule has 0 amide bonds. The van der Waals surface area contributed by atoms with Crippen molar-refractivity contribution in [3.63, 3.8) is 0 Å². The Morgan fingerprint density at radius 1 is 0.968 bits per heavy atom. The molecule has 0 aliphatic heterocycles. The molecule has 0 bridgehead atoms. The minimum atomic E-state index is -4.68. The number of alkyl halides is 3. The van der Waals surface area contributed by atoms with Crippen LogP contribution in [0.5, 0.6) is 5.75 Å². The van der Waals surface area contributed by atoms with E-state index in [0.29, 0.717) is 17.5 Å². The fourth-order valence-electron chi connectivity index (χ4n) is 3.72. The maximum absolute atomic E-state index is 13.5. The monoisotopic (exact) mass is 432 g/mol. The van der Waals surface area contributed by atoms with E-state index < -0.39 is 29.1 Å². The van der Waals surface area contributed by atoms with E-state index in [1.807, 2.05) is 26.0 Å². The van der Waals surface area contributed by atoms with Crippen LogP contribution in [-0.2, 0) is 21.1 Å². The summed E-state index contributed by atoms with van der Waals surface area (Å²) in [6.45, 7) is 14.9. The van der Waals surface area contributed by atoms with Crippen LogP contribution in [0.1, 0.15) is 45.2 Å². The number of esters is 1. The molecule has 2 aromatic rings. The van der Waals surface area contributed by atoms with Gasteiger partial charge in [-0.25, -0.2) is 4.79 Å².